The van der Waals surface area contributed by atoms with Crippen LogP contribution in [0.3, 0.4) is 0 Å². The Balaban J connectivity index is 1.43. The predicted molar refractivity (Wildman–Crippen MR) is 151 cm³/mol. The van der Waals surface area contributed by atoms with Crippen molar-refractivity contribution in [2.75, 3.05) is 54.6 Å². The number of amides is 2. The number of carbonyl (C=O) groups is 1. The van der Waals surface area contributed by atoms with Crippen molar-refractivity contribution >= 4 is 6.03 Å². The lowest BCUT2D eigenvalue weighted by atomic mass is 9.72. The van der Waals surface area contributed by atoms with E-state index in [0.29, 0.717) is 13.1 Å². The normalized spacial score (nSPS) is 26.3. The summed E-state index contributed by atoms with van der Waals surface area (Å²) in [4.78, 5) is 20.7. The third-order valence-electron chi connectivity index (χ3n) is 9.38. The summed E-state index contributed by atoms with van der Waals surface area (Å²) in [5.74, 6) is 1.61. The molecule has 0 N–H and O–H groups in total. The van der Waals surface area contributed by atoms with E-state index < -0.39 is 0 Å². The number of benzene rings is 1. The van der Waals surface area contributed by atoms with E-state index in [1.807, 2.05) is 6.07 Å². The molecule has 4 aliphatic rings. The number of carbonyl (C=O) groups excluding carboxylic acids is 1. The third-order valence-corrected chi connectivity index (χ3v) is 9.38. The van der Waals surface area contributed by atoms with Gasteiger partial charge in [0.05, 0.1) is 32.0 Å². The second-order valence-electron chi connectivity index (χ2n) is 11.9. The molecule has 2 atom stereocenters. The monoisotopic (exact) mass is 539 g/mol. The topological polar surface area (TPSA) is 63.7 Å². The lowest BCUT2D eigenvalue weighted by molar-refractivity contribution is 0.0207. The number of likely N-dealkylation sites (N-methyl/N-ethyl adjacent to an activating group) is 1. The maximum atomic E-state index is 14.0. The first-order chi connectivity index (χ1) is 18.7. The Kier molecular flexibility index (Phi) is 7.74. The summed E-state index contributed by atoms with van der Waals surface area (Å²) in [6.45, 7) is 10.7. The molecule has 2 saturated heterocycles. The standard InChI is InChI=1S/C31H45N3O5/c1-8-34-29(35)33-20-22-15-25(38-6)17-26(39-7)28(22)30(2,3)18-27(33)31(34)9-11-32(12-10-31)19-21-13-23(36-4)16-24(14-21)37-5/h13-14,16,18,25-26H,8-12,15,17,19-20H2,1-7H3. The summed E-state index contributed by atoms with van der Waals surface area (Å²) in [6, 6.07) is 6.20. The van der Waals surface area contributed by atoms with Crippen molar-refractivity contribution in [3.05, 3.63) is 46.7 Å². The van der Waals surface area contributed by atoms with Gasteiger partial charge in [-0.3, -0.25) is 9.80 Å². The predicted octanol–water partition coefficient (Wildman–Crippen LogP) is 4.84. The summed E-state index contributed by atoms with van der Waals surface area (Å²) < 4.78 is 22.8. The lowest BCUT2D eigenvalue weighted by Crippen LogP contribution is -2.53. The Morgan fingerprint density at radius 3 is 2.21 bits per heavy atom. The highest BCUT2D eigenvalue weighted by molar-refractivity contribution is 5.83. The Morgan fingerprint density at radius 1 is 0.974 bits per heavy atom. The Morgan fingerprint density at radius 2 is 1.64 bits per heavy atom. The van der Waals surface area contributed by atoms with Crippen LogP contribution in [0.25, 0.3) is 0 Å². The number of piperidine rings is 1. The molecule has 1 aromatic rings. The largest absolute Gasteiger partial charge is 0.497 e. The molecule has 8 nitrogen and oxygen atoms in total. The Hall–Kier alpha value is -2.55. The van der Waals surface area contributed by atoms with Crippen LogP contribution in [0.2, 0.25) is 0 Å². The fraction of sp³-hybridized carbons (Fsp3) is 0.645. The third kappa shape index (κ3) is 4.85. The van der Waals surface area contributed by atoms with Crippen LogP contribution in [0, 0.1) is 5.41 Å². The molecule has 2 amide bonds. The van der Waals surface area contributed by atoms with Crippen molar-refractivity contribution in [3.63, 3.8) is 0 Å². The van der Waals surface area contributed by atoms with E-state index in [4.69, 9.17) is 18.9 Å². The zero-order valence-electron chi connectivity index (χ0n) is 24.7. The molecule has 5 rings (SSSR count). The van der Waals surface area contributed by atoms with E-state index >= 15 is 0 Å². The van der Waals surface area contributed by atoms with Gasteiger partial charge in [0.25, 0.3) is 0 Å². The maximum absolute atomic E-state index is 14.0. The first kappa shape index (κ1) is 28.0. The van der Waals surface area contributed by atoms with Gasteiger partial charge in [-0.15, -0.1) is 0 Å². The molecule has 3 aliphatic heterocycles. The van der Waals surface area contributed by atoms with Gasteiger partial charge in [0.2, 0.25) is 0 Å². The number of hydrogen-bond acceptors (Lipinski definition) is 6. The first-order valence-corrected chi connectivity index (χ1v) is 14.2. The van der Waals surface area contributed by atoms with Crippen molar-refractivity contribution in [1.82, 2.24) is 14.7 Å². The molecule has 2 fully saturated rings. The highest BCUT2D eigenvalue weighted by atomic mass is 16.5. The quantitative estimate of drug-likeness (QED) is 0.462. The number of ether oxygens (including phenoxy) is 4. The van der Waals surface area contributed by atoms with E-state index in [2.05, 4.69) is 53.7 Å². The summed E-state index contributed by atoms with van der Waals surface area (Å²) in [6.07, 6.45) is 6.01. The molecule has 214 valence electrons. The molecule has 2 unspecified atom stereocenters. The second-order valence-corrected chi connectivity index (χ2v) is 11.9. The van der Waals surface area contributed by atoms with E-state index in [9.17, 15) is 4.79 Å². The number of allylic oxidation sites excluding steroid dienone is 1. The van der Waals surface area contributed by atoms with Crippen molar-refractivity contribution in [2.24, 2.45) is 5.41 Å². The molecule has 1 spiro atoms. The van der Waals surface area contributed by atoms with Crippen molar-refractivity contribution < 1.29 is 23.7 Å². The number of rotatable bonds is 7. The van der Waals surface area contributed by atoms with Gasteiger partial charge in [0.15, 0.2) is 0 Å². The number of nitrogens with zero attached hydrogens (tertiary/aromatic N) is 3. The molecular weight excluding hydrogens is 494 g/mol. The minimum Gasteiger partial charge on any atom is -0.497 e. The summed E-state index contributed by atoms with van der Waals surface area (Å²) >= 11 is 0. The Labute approximate surface area is 233 Å². The molecule has 1 aliphatic carbocycles. The van der Waals surface area contributed by atoms with Crippen LogP contribution in [0.15, 0.2) is 41.1 Å². The van der Waals surface area contributed by atoms with Crippen molar-refractivity contribution in [3.8, 4) is 11.5 Å². The van der Waals surface area contributed by atoms with E-state index in [0.717, 1.165) is 56.8 Å². The molecule has 0 aromatic heterocycles. The number of urea groups is 1. The number of methoxy groups -OCH3 is 4. The average Bonchev–Trinajstić information content (AvgIpc) is 3.05. The molecule has 3 heterocycles. The van der Waals surface area contributed by atoms with E-state index in [-0.39, 0.29) is 29.2 Å². The number of hydrogen-bond donors (Lipinski definition) is 0. The number of fused-ring (bicyclic) bond motifs is 2. The average molecular weight is 540 g/mol. The van der Waals surface area contributed by atoms with Gasteiger partial charge in [-0.05, 0) is 55.0 Å². The zero-order chi connectivity index (χ0) is 27.9. The highest BCUT2D eigenvalue weighted by Crippen LogP contribution is 2.51. The smallest absolute Gasteiger partial charge is 0.325 e. The minimum absolute atomic E-state index is 0.000564. The van der Waals surface area contributed by atoms with Gasteiger partial charge in [-0.1, -0.05) is 19.9 Å². The molecule has 39 heavy (non-hydrogen) atoms. The fourth-order valence-electron chi connectivity index (χ4n) is 7.52. The van der Waals surface area contributed by atoms with Gasteiger partial charge in [0, 0.05) is 70.5 Å². The van der Waals surface area contributed by atoms with Crippen LogP contribution in [-0.4, -0.2) is 93.1 Å². The van der Waals surface area contributed by atoms with Crippen LogP contribution in [-0.2, 0) is 16.0 Å². The van der Waals surface area contributed by atoms with Gasteiger partial charge in [0.1, 0.15) is 11.5 Å². The molecule has 1 aromatic carbocycles. The first-order valence-electron chi connectivity index (χ1n) is 14.2. The maximum Gasteiger partial charge on any atom is 0.325 e. The van der Waals surface area contributed by atoms with Gasteiger partial charge in [-0.2, -0.15) is 0 Å². The second kappa shape index (κ2) is 10.8. The summed E-state index contributed by atoms with van der Waals surface area (Å²) in [5.41, 5.74) is 4.47. The van der Waals surface area contributed by atoms with E-state index in [1.165, 1.54) is 22.4 Å². The van der Waals surface area contributed by atoms with Gasteiger partial charge < -0.3 is 23.8 Å². The van der Waals surface area contributed by atoms with Gasteiger partial charge >= 0.3 is 6.03 Å². The highest BCUT2D eigenvalue weighted by Gasteiger charge is 2.56. The van der Waals surface area contributed by atoms with Crippen molar-refractivity contribution in [2.45, 2.75) is 70.7 Å². The fourth-order valence-corrected chi connectivity index (χ4v) is 7.52. The number of likely N-dealkylation sites (tertiary alicyclic amines) is 1. The van der Waals surface area contributed by atoms with Crippen LogP contribution in [0.5, 0.6) is 11.5 Å². The molecule has 0 saturated carbocycles. The van der Waals surface area contributed by atoms with E-state index in [1.54, 1.807) is 28.4 Å². The molecular formula is C31H45N3O5. The Bertz CT molecular complexity index is 1130. The van der Waals surface area contributed by atoms with Crippen LogP contribution < -0.4 is 9.47 Å². The summed E-state index contributed by atoms with van der Waals surface area (Å²) in [5, 5.41) is 0. The minimum atomic E-state index is -0.288. The zero-order valence-corrected chi connectivity index (χ0v) is 24.7. The lowest BCUT2D eigenvalue weighted by Gasteiger charge is -2.45. The van der Waals surface area contributed by atoms with Crippen LogP contribution in [0.1, 0.15) is 52.0 Å². The van der Waals surface area contributed by atoms with Crippen LogP contribution >= 0.6 is 0 Å². The SMILES string of the molecule is CCN1C(=O)N2CC3=C(C(OC)CC(OC)C3)C(C)(C)C=C2C12CCN(Cc1cc(OC)cc(OC)c1)CC2. The summed E-state index contributed by atoms with van der Waals surface area (Å²) in [7, 11) is 6.94. The van der Waals surface area contributed by atoms with Crippen LogP contribution in [0.4, 0.5) is 4.79 Å². The van der Waals surface area contributed by atoms with Gasteiger partial charge in [-0.25, -0.2) is 4.79 Å². The molecule has 0 radical (unpaired) electrons. The molecule has 0 bridgehead atoms. The van der Waals surface area contributed by atoms with Crippen molar-refractivity contribution in [1.29, 1.82) is 0 Å². The molecule has 8 heteroatoms.